The van der Waals surface area contributed by atoms with Gasteiger partial charge in [-0.2, -0.15) is 0 Å². The molecule has 0 aliphatic heterocycles. The molecular weight excluding hydrogens is 572 g/mol. The summed E-state index contributed by atoms with van der Waals surface area (Å²) >= 11 is 0. The standard InChI is InChI=1S/C30H28N6O8/c37-27(38)23-9-1-5-19(31-23)15-35(16-20-6-2-10-24(32-20)28(39)40)13-14-36(17-21-7-3-11-25(33-21)29(41)42)18-22-8-4-12-26(34-22)30(43)44/h1-12H,13-18H2,(H,37,38)(H,39,40)(H,41,42)(H,43,44). The molecule has 0 bridgehead atoms. The van der Waals surface area contributed by atoms with Gasteiger partial charge in [0, 0.05) is 39.3 Å². The van der Waals surface area contributed by atoms with Crippen LogP contribution in [0.4, 0.5) is 0 Å². The van der Waals surface area contributed by atoms with Gasteiger partial charge in [-0.25, -0.2) is 39.1 Å². The van der Waals surface area contributed by atoms with E-state index >= 15 is 0 Å². The average Bonchev–Trinajstić information content (AvgIpc) is 3.00. The Kier molecular flexibility index (Phi) is 10.3. The van der Waals surface area contributed by atoms with Crippen molar-refractivity contribution in [2.75, 3.05) is 13.1 Å². The summed E-state index contributed by atoms with van der Waals surface area (Å²) in [6, 6.07) is 18.6. The number of hydrogen-bond acceptors (Lipinski definition) is 10. The second kappa shape index (κ2) is 14.5. The summed E-state index contributed by atoms with van der Waals surface area (Å²) in [7, 11) is 0. The van der Waals surface area contributed by atoms with Crippen LogP contribution in [0.3, 0.4) is 0 Å². The highest BCUT2D eigenvalue weighted by Crippen LogP contribution is 2.13. The Morgan fingerprint density at radius 2 is 0.659 bits per heavy atom. The first-order valence-electron chi connectivity index (χ1n) is 13.3. The highest BCUT2D eigenvalue weighted by molar-refractivity contribution is 5.86. The molecular formula is C30H28N6O8. The maximum Gasteiger partial charge on any atom is 0.354 e. The van der Waals surface area contributed by atoms with E-state index in [0.29, 0.717) is 35.9 Å². The predicted molar refractivity (Wildman–Crippen MR) is 153 cm³/mol. The molecule has 14 nitrogen and oxygen atoms in total. The number of aromatic nitrogens is 4. The average molecular weight is 601 g/mol. The lowest BCUT2D eigenvalue weighted by Crippen LogP contribution is -2.35. The molecule has 0 aliphatic rings. The van der Waals surface area contributed by atoms with Gasteiger partial charge < -0.3 is 20.4 Å². The molecule has 0 unspecified atom stereocenters. The molecule has 4 aromatic heterocycles. The predicted octanol–water partition coefficient (Wildman–Crippen LogP) is 2.76. The van der Waals surface area contributed by atoms with Crippen LogP contribution in [0.1, 0.15) is 64.7 Å². The van der Waals surface area contributed by atoms with Crippen LogP contribution < -0.4 is 0 Å². The van der Waals surface area contributed by atoms with E-state index in [9.17, 15) is 39.6 Å². The van der Waals surface area contributed by atoms with Gasteiger partial charge in [0.05, 0.1) is 22.8 Å². The summed E-state index contributed by atoms with van der Waals surface area (Å²) < 4.78 is 0. The molecule has 4 N–H and O–H groups in total. The number of nitrogens with zero attached hydrogens (tertiary/aromatic N) is 6. The molecule has 4 heterocycles. The number of aromatic carboxylic acids is 4. The van der Waals surface area contributed by atoms with Crippen molar-refractivity contribution in [1.82, 2.24) is 29.7 Å². The first-order chi connectivity index (χ1) is 21.1. The van der Waals surface area contributed by atoms with Gasteiger partial charge in [-0.15, -0.1) is 0 Å². The Balaban J connectivity index is 1.62. The number of rotatable bonds is 15. The number of pyridine rings is 4. The zero-order chi connectivity index (χ0) is 31.6. The van der Waals surface area contributed by atoms with E-state index < -0.39 is 23.9 Å². The summed E-state index contributed by atoms with van der Waals surface area (Å²) in [5, 5.41) is 37.6. The van der Waals surface area contributed by atoms with Crippen LogP contribution in [0.15, 0.2) is 72.8 Å². The molecule has 0 aromatic carbocycles. The molecule has 0 radical (unpaired) electrons. The third kappa shape index (κ3) is 8.95. The third-order valence-corrected chi connectivity index (χ3v) is 6.38. The van der Waals surface area contributed by atoms with Crippen molar-refractivity contribution in [2.24, 2.45) is 0 Å². The molecule has 0 saturated heterocycles. The van der Waals surface area contributed by atoms with E-state index in [-0.39, 0.29) is 49.0 Å². The molecule has 0 amide bonds. The molecule has 0 fully saturated rings. The van der Waals surface area contributed by atoms with E-state index in [0.717, 1.165) is 0 Å². The van der Waals surface area contributed by atoms with Crippen LogP contribution in [-0.4, -0.2) is 87.1 Å². The van der Waals surface area contributed by atoms with Crippen molar-refractivity contribution in [1.29, 1.82) is 0 Å². The van der Waals surface area contributed by atoms with Crippen LogP contribution >= 0.6 is 0 Å². The van der Waals surface area contributed by atoms with Gasteiger partial charge in [-0.05, 0) is 48.5 Å². The molecule has 0 atom stereocenters. The van der Waals surface area contributed by atoms with E-state index in [1.54, 1.807) is 48.5 Å². The first kappa shape index (κ1) is 31.3. The van der Waals surface area contributed by atoms with Gasteiger partial charge in [-0.1, -0.05) is 24.3 Å². The van der Waals surface area contributed by atoms with Gasteiger partial charge in [0.25, 0.3) is 0 Å². The fourth-order valence-electron chi connectivity index (χ4n) is 4.37. The molecule has 4 aromatic rings. The Bertz CT molecular complexity index is 1440. The lowest BCUT2D eigenvalue weighted by atomic mass is 10.2. The minimum Gasteiger partial charge on any atom is -0.477 e. The Morgan fingerprint density at radius 1 is 0.432 bits per heavy atom. The number of carbonyl (C=O) groups is 4. The Morgan fingerprint density at radius 3 is 0.864 bits per heavy atom. The lowest BCUT2D eigenvalue weighted by molar-refractivity contribution is 0.0678. The van der Waals surface area contributed by atoms with Crippen molar-refractivity contribution >= 4 is 23.9 Å². The largest absolute Gasteiger partial charge is 0.477 e. The van der Waals surface area contributed by atoms with Crippen molar-refractivity contribution < 1.29 is 39.6 Å². The normalized spacial score (nSPS) is 11.0. The number of carboxylic acid groups (broad SMARTS) is 4. The highest BCUT2D eigenvalue weighted by atomic mass is 16.4. The second-order valence-corrected chi connectivity index (χ2v) is 9.70. The zero-order valence-corrected chi connectivity index (χ0v) is 23.3. The van der Waals surface area contributed by atoms with Crippen molar-refractivity contribution in [2.45, 2.75) is 26.2 Å². The van der Waals surface area contributed by atoms with E-state index in [4.69, 9.17) is 0 Å². The minimum absolute atomic E-state index is 0.121. The fourth-order valence-corrected chi connectivity index (χ4v) is 4.37. The Labute approximate surface area is 250 Å². The van der Waals surface area contributed by atoms with E-state index in [1.807, 2.05) is 9.80 Å². The minimum atomic E-state index is -1.17. The van der Waals surface area contributed by atoms with Crippen LogP contribution in [0, 0.1) is 0 Å². The summed E-state index contributed by atoms with van der Waals surface area (Å²) in [6.07, 6.45) is 0. The van der Waals surface area contributed by atoms with Crippen LogP contribution in [-0.2, 0) is 26.2 Å². The van der Waals surface area contributed by atoms with Gasteiger partial charge in [0.1, 0.15) is 22.8 Å². The third-order valence-electron chi connectivity index (χ3n) is 6.38. The van der Waals surface area contributed by atoms with E-state index in [2.05, 4.69) is 19.9 Å². The Hall–Kier alpha value is -5.60. The van der Waals surface area contributed by atoms with E-state index in [1.165, 1.54) is 24.3 Å². The van der Waals surface area contributed by atoms with Crippen molar-refractivity contribution in [3.8, 4) is 0 Å². The molecule has 4 rings (SSSR count). The first-order valence-corrected chi connectivity index (χ1v) is 13.3. The van der Waals surface area contributed by atoms with Crippen molar-refractivity contribution in [3.05, 3.63) is 118 Å². The quantitative estimate of drug-likeness (QED) is 0.155. The fraction of sp³-hybridized carbons (Fsp3) is 0.200. The lowest BCUT2D eigenvalue weighted by Gasteiger charge is -2.27. The topological polar surface area (TPSA) is 207 Å². The van der Waals surface area contributed by atoms with Gasteiger partial charge in [-0.3, -0.25) is 9.80 Å². The molecule has 226 valence electrons. The molecule has 14 heteroatoms. The maximum atomic E-state index is 11.5. The second-order valence-electron chi connectivity index (χ2n) is 9.70. The van der Waals surface area contributed by atoms with Gasteiger partial charge >= 0.3 is 23.9 Å². The summed E-state index contributed by atoms with van der Waals surface area (Å²) in [6.45, 7) is 1.49. The van der Waals surface area contributed by atoms with Crippen LogP contribution in [0.25, 0.3) is 0 Å². The summed E-state index contributed by atoms with van der Waals surface area (Å²) in [5.74, 6) is -4.69. The monoisotopic (exact) mass is 600 g/mol. The van der Waals surface area contributed by atoms with Crippen LogP contribution in [0.2, 0.25) is 0 Å². The number of carboxylic acids is 4. The summed E-state index contributed by atoms with van der Waals surface area (Å²) in [5.41, 5.74) is 1.39. The zero-order valence-electron chi connectivity index (χ0n) is 23.3. The summed E-state index contributed by atoms with van der Waals surface area (Å²) in [4.78, 5) is 66.7. The SMILES string of the molecule is O=C(O)c1cccc(CN(CCN(Cc2cccc(C(=O)O)n2)Cc2cccc(C(=O)O)n2)Cc2cccc(C(=O)O)n2)n1. The smallest absolute Gasteiger partial charge is 0.354 e. The molecule has 0 saturated carbocycles. The molecule has 44 heavy (non-hydrogen) atoms. The van der Waals surface area contributed by atoms with Gasteiger partial charge in [0.2, 0.25) is 0 Å². The molecule has 0 aliphatic carbocycles. The molecule has 0 spiro atoms. The van der Waals surface area contributed by atoms with Crippen molar-refractivity contribution in [3.63, 3.8) is 0 Å². The highest BCUT2D eigenvalue weighted by Gasteiger charge is 2.17. The maximum absolute atomic E-state index is 11.5. The van der Waals surface area contributed by atoms with Gasteiger partial charge in [0.15, 0.2) is 0 Å². The number of hydrogen-bond donors (Lipinski definition) is 4. The van der Waals surface area contributed by atoms with Crippen LogP contribution in [0.5, 0.6) is 0 Å².